The van der Waals surface area contributed by atoms with Crippen LogP contribution in [0.25, 0.3) is 0 Å². The van der Waals surface area contributed by atoms with Crippen molar-refractivity contribution < 1.29 is 19.8 Å². The van der Waals surface area contributed by atoms with Gasteiger partial charge in [0.1, 0.15) is 0 Å². The summed E-state index contributed by atoms with van der Waals surface area (Å²) in [5.74, 6) is -1.49. The minimum atomic E-state index is -1.62. The van der Waals surface area contributed by atoms with E-state index in [0.717, 1.165) is 5.56 Å². The van der Waals surface area contributed by atoms with Crippen molar-refractivity contribution in [2.45, 2.75) is 23.2 Å². The third kappa shape index (κ3) is 3.40. The van der Waals surface area contributed by atoms with Crippen LogP contribution in [0.2, 0.25) is 0 Å². The van der Waals surface area contributed by atoms with E-state index < -0.39 is 12.1 Å². The number of carboxylic acid groups (broad SMARTS) is 1. The Bertz CT molecular complexity index is 471. The number of alkyl halides is 2. The second-order valence-electron chi connectivity index (χ2n) is 3.77. The summed E-state index contributed by atoms with van der Waals surface area (Å²) in [4.78, 5) is 22.3. The molecule has 2 N–H and O–H groups in total. The number of aliphatic hydroxyl groups is 1. The number of halogens is 2. The molecule has 1 aromatic rings. The highest BCUT2D eigenvalue weighted by Gasteiger charge is 2.21. The Morgan fingerprint density at radius 1 is 1.39 bits per heavy atom. The van der Waals surface area contributed by atoms with Gasteiger partial charge in [0.25, 0.3) is 0 Å². The fourth-order valence-electron chi connectivity index (χ4n) is 1.47. The maximum atomic E-state index is 12.0. The molecule has 98 valence electrons. The zero-order valence-corrected chi connectivity index (χ0v) is 12.7. The van der Waals surface area contributed by atoms with Crippen molar-refractivity contribution in [3.05, 3.63) is 34.9 Å². The van der Waals surface area contributed by atoms with E-state index in [0.29, 0.717) is 10.9 Å². The van der Waals surface area contributed by atoms with Gasteiger partial charge in [-0.2, -0.15) is 0 Å². The highest BCUT2D eigenvalue weighted by atomic mass is 79.9. The van der Waals surface area contributed by atoms with Gasteiger partial charge in [0, 0.05) is 10.9 Å². The van der Waals surface area contributed by atoms with Gasteiger partial charge >= 0.3 is 5.97 Å². The number of benzene rings is 1. The van der Waals surface area contributed by atoms with Crippen LogP contribution in [0.3, 0.4) is 0 Å². The van der Waals surface area contributed by atoms with Gasteiger partial charge in [-0.15, -0.1) is 0 Å². The van der Waals surface area contributed by atoms with Crippen LogP contribution in [-0.4, -0.2) is 26.8 Å². The Balaban J connectivity index is 3.25. The van der Waals surface area contributed by atoms with Gasteiger partial charge in [-0.25, -0.2) is 4.79 Å². The summed E-state index contributed by atoms with van der Waals surface area (Å²) in [6.45, 7) is 1.70. The zero-order valence-electron chi connectivity index (χ0n) is 9.56. The predicted octanol–water partition coefficient (Wildman–Crippen LogP) is 2.67. The van der Waals surface area contributed by atoms with Crippen LogP contribution in [0.15, 0.2) is 18.2 Å². The minimum Gasteiger partial charge on any atom is -0.479 e. The lowest BCUT2D eigenvalue weighted by molar-refractivity contribution is -0.146. The fraction of sp³-hybridized carbons (Fsp3) is 0.333. The van der Waals surface area contributed by atoms with Gasteiger partial charge in [-0.3, -0.25) is 4.79 Å². The van der Waals surface area contributed by atoms with Gasteiger partial charge in [0.05, 0.1) is 4.83 Å². The second-order valence-corrected chi connectivity index (χ2v) is 5.71. The molecule has 0 saturated carbocycles. The first-order valence-corrected chi connectivity index (χ1v) is 7.20. The largest absolute Gasteiger partial charge is 0.479 e. The molecule has 0 radical (unpaired) electrons. The predicted molar refractivity (Wildman–Crippen MR) is 74.4 cm³/mol. The molecule has 2 atom stereocenters. The number of Topliss-reactive ketones (excluding diaryl/α,β-unsaturated/α-hetero) is 1. The molecule has 0 spiro atoms. The summed E-state index contributed by atoms with van der Waals surface area (Å²) in [7, 11) is 0. The van der Waals surface area contributed by atoms with Crippen LogP contribution in [0.1, 0.15) is 34.5 Å². The molecule has 0 fully saturated rings. The van der Waals surface area contributed by atoms with Crippen molar-refractivity contribution in [1.29, 1.82) is 0 Å². The van der Waals surface area contributed by atoms with Crippen LogP contribution >= 0.6 is 31.9 Å². The van der Waals surface area contributed by atoms with Crippen molar-refractivity contribution in [1.82, 2.24) is 0 Å². The van der Waals surface area contributed by atoms with Crippen molar-refractivity contribution in [2.24, 2.45) is 0 Å². The Kier molecular flexibility index (Phi) is 5.49. The highest BCUT2D eigenvalue weighted by Crippen LogP contribution is 2.22. The third-order valence-electron chi connectivity index (χ3n) is 2.45. The number of rotatable bonds is 5. The Hall–Kier alpha value is -0.720. The van der Waals surface area contributed by atoms with Crippen LogP contribution < -0.4 is 0 Å². The van der Waals surface area contributed by atoms with Crippen molar-refractivity contribution >= 4 is 43.6 Å². The third-order valence-corrected chi connectivity index (χ3v) is 3.47. The van der Waals surface area contributed by atoms with Crippen molar-refractivity contribution in [3.63, 3.8) is 0 Å². The number of carboxylic acids is 1. The molecule has 1 rings (SSSR count). The SMILES string of the molecule is CC(Br)C(=O)c1cc(C(O)C(=O)O)ccc1CBr. The second kappa shape index (κ2) is 6.45. The fourth-order valence-corrected chi connectivity index (χ4v) is 2.20. The average molecular weight is 380 g/mol. The van der Waals surface area contributed by atoms with Crippen molar-refractivity contribution in [2.75, 3.05) is 0 Å². The topological polar surface area (TPSA) is 74.6 Å². The molecule has 0 bridgehead atoms. The lowest BCUT2D eigenvalue weighted by Gasteiger charge is -2.12. The molecule has 0 saturated heterocycles. The van der Waals surface area contributed by atoms with E-state index in [1.807, 2.05) is 0 Å². The van der Waals surface area contributed by atoms with Crippen LogP contribution in [-0.2, 0) is 10.1 Å². The van der Waals surface area contributed by atoms with E-state index in [2.05, 4.69) is 31.9 Å². The molecule has 6 heteroatoms. The summed E-state index contributed by atoms with van der Waals surface area (Å²) < 4.78 is 0. The number of ketones is 1. The van der Waals surface area contributed by atoms with Gasteiger partial charge in [0.2, 0.25) is 0 Å². The molecule has 0 aliphatic carbocycles. The summed E-state index contributed by atoms with van der Waals surface area (Å²) in [6.07, 6.45) is -1.62. The normalized spacial score (nSPS) is 14.0. The summed E-state index contributed by atoms with van der Waals surface area (Å²) in [5, 5.41) is 18.7. The zero-order chi connectivity index (χ0) is 13.9. The molecule has 18 heavy (non-hydrogen) atoms. The molecule has 0 heterocycles. The Morgan fingerprint density at radius 2 is 2.00 bits per heavy atom. The molecule has 0 aliphatic heterocycles. The maximum absolute atomic E-state index is 12.0. The number of aliphatic hydroxyl groups excluding tert-OH is 1. The number of carbonyl (C=O) groups excluding carboxylic acids is 1. The maximum Gasteiger partial charge on any atom is 0.337 e. The van der Waals surface area contributed by atoms with Gasteiger partial charge in [-0.05, 0) is 24.1 Å². The molecule has 0 amide bonds. The molecular weight excluding hydrogens is 368 g/mol. The number of hydrogen-bond acceptors (Lipinski definition) is 3. The molecule has 2 unspecified atom stereocenters. The quantitative estimate of drug-likeness (QED) is 0.609. The molecular formula is C12H12Br2O4. The lowest BCUT2D eigenvalue weighted by atomic mass is 9.98. The van der Waals surface area contributed by atoms with E-state index in [4.69, 9.17) is 5.11 Å². The Morgan fingerprint density at radius 3 is 2.44 bits per heavy atom. The van der Waals surface area contributed by atoms with Gasteiger partial charge in [-0.1, -0.05) is 44.0 Å². The van der Waals surface area contributed by atoms with E-state index in [1.54, 1.807) is 13.0 Å². The van der Waals surface area contributed by atoms with E-state index in [-0.39, 0.29) is 16.2 Å². The lowest BCUT2D eigenvalue weighted by Crippen LogP contribution is -2.15. The monoisotopic (exact) mass is 378 g/mol. The van der Waals surface area contributed by atoms with E-state index >= 15 is 0 Å². The molecule has 4 nitrogen and oxygen atoms in total. The highest BCUT2D eigenvalue weighted by molar-refractivity contribution is 9.10. The summed E-state index contributed by atoms with van der Waals surface area (Å²) >= 11 is 6.46. The number of hydrogen-bond donors (Lipinski definition) is 2. The van der Waals surface area contributed by atoms with E-state index in [1.165, 1.54) is 12.1 Å². The van der Waals surface area contributed by atoms with Crippen LogP contribution in [0.5, 0.6) is 0 Å². The first-order valence-electron chi connectivity index (χ1n) is 5.16. The average Bonchev–Trinajstić information content (AvgIpc) is 2.35. The molecule has 1 aromatic carbocycles. The summed E-state index contributed by atoms with van der Waals surface area (Å²) in [5.41, 5.74) is 1.37. The van der Waals surface area contributed by atoms with Crippen LogP contribution in [0, 0.1) is 0 Å². The molecule has 0 aliphatic rings. The number of carbonyl (C=O) groups is 2. The van der Waals surface area contributed by atoms with Gasteiger partial charge in [0.15, 0.2) is 11.9 Å². The smallest absolute Gasteiger partial charge is 0.337 e. The van der Waals surface area contributed by atoms with Gasteiger partial charge < -0.3 is 10.2 Å². The number of aliphatic carboxylic acids is 1. The minimum absolute atomic E-state index is 0.149. The summed E-state index contributed by atoms with van der Waals surface area (Å²) in [6, 6.07) is 4.57. The first-order chi connectivity index (χ1) is 8.38. The van der Waals surface area contributed by atoms with Crippen molar-refractivity contribution in [3.8, 4) is 0 Å². The van der Waals surface area contributed by atoms with E-state index in [9.17, 15) is 14.7 Å². The standard InChI is InChI=1S/C12H12Br2O4/c1-6(14)10(15)9-4-7(11(16)12(17)18)2-3-8(9)5-13/h2-4,6,11,16H,5H2,1H3,(H,17,18). The first kappa shape index (κ1) is 15.3. The Labute approximate surface area is 121 Å². The van der Waals surface area contributed by atoms with Crippen LogP contribution in [0.4, 0.5) is 0 Å². The molecule has 0 aromatic heterocycles.